The number of rotatable bonds is 5. The molecule has 0 aromatic heterocycles. The summed E-state index contributed by atoms with van der Waals surface area (Å²) in [6.07, 6.45) is 2.70. The van der Waals surface area contributed by atoms with Crippen molar-refractivity contribution in [3.63, 3.8) is 0 Å². The molecule has 0 amide bonds. The third-order valence-corrected chi connectivity index (χ3v) is 2.30. The summed E-state index contributed by atoms with van der Waals surface area (Å²) >= 11 is 0. The van der Waals surface area contributed by atoms with Gasteiger partial charge in [0.2, 0.25) is 0 Å². The van der Waals surface area contributed by atoms with Gasteiger partial charge in [0.1, 0.15) is 0 Å². The fraction of sp³-hybridized carbons (Fsp3) is 1.00. The second kappa shape index (κ2) is 4.86. The highest BCUT2D eigenvalue weighted by Gasteiger charge is 2.21. The highest BCUT2D eigenvalue weighted by atomic mass is 16.5. The van der Waals surface area contributed by atoms with Crippen LogP contribution in [0.4, 0.5) is 0 Å². The van der Waals surface area contributed by atoms with E-state index in [1.54, 1.807) is 0 Å². The number of ether oxygens (including phenoxy) is 1. The zero-order chi connectivity index (χ0) is 9.78. The molecule has 0 radical (unpaired) electrons. The maximum atomic E-state index is 5.94. The van der Waals surface area contributed by atoms with E-state index in [1.807, 2.05) is 0 Å². The Morgan fingerprint density at radius 1 is 1.17 bits per heavy atom. The Labute approximate surface area is 77.5 Å². The Bertz CT molecular complexity index is 116. The van der Waals surface area contributed by atoms with Crippen LogP contribution in [0, 0.1) is 5.92 Å². The average molecular weight is 172 g/mol. The second-order valence-corrected chi connectivity index (χ2v) is 4.58. The van der Waals surface area contributed by atoms with Crippen molar-refractivity contribution in [2.75, 3.05) is 0 Å². The molecule has 0 aliphatic carbocycles. The van der Waals surface area contributed by atoms with Crippen LogP contribution in [-0.2, 0) is 4.74 Å². The SMILES string of the molecule is CCCC(C)(C)OC(C)C(C)C. The molecule has 1 nitrogen and oxygen atoms in total. The predicted octanol–water partition coefficient (Wildman–Crippen LogP) is 3.63. The molecule has 74 valence electrons. The molecule has 0 aliphatic heterocycles. The third kappa shape index (κ3) is 4.76. The summed E-state index contributed by atoms with van der Waals surface area (Å²) in [4.78, 5) is 0. The molecular weight excluding hydrogens is 148 g/mol. The Kier molecular flexibility index (Phi) is 4.84. The molecule has 0 aliphatic rings. The normalized spacial score (nSPS) is 15.2. The van der Waals surface area contributed by atoms with Gasteiger partial charge in [-0.25, -0.2) is 0 Å². The van der Waals surface area contributed by atoms with E-state index in [-0.39, 0.29) is 5.60 Å². The van der Waals surface area contributed by atoms with Gasteiger partial charge in [-0.15, -0.1) is 0 Å². The molecule has 0 aromatic carbocycles. The largest absolute Gasteiger partial charge is 0.372 e. The smallest absolute Gasteiger partial charge is 0.0630 e. The van der Waals surface area contributed by atoms with Gasteiger partial charge >= 0.3 is 0 Å². The molecular formula is C11H24O. The van der Waals surface area contributed by atoms with E-state index in [0.717, 1.165) is 6.42 Å². The molecule has 0 rings (SSSR count). The lowest BCUT2D eigenvalue weighted by atomic mass is 10.0. The van der Waals surface area contributed by atoms with Crippen LogP contribution in [0.2, 0.25) is 0 Å². The van der Waals surface area contributed by atoms with Gasteiger partial charge in [-0.1, -0.05) is 27.2 Å². The zero-order valence-electron chi connectivity index (χ0n) is 9.48. The van der Waals surface area contributed by atoms with Crippen molar-refractivity contribution in [1.82, 2.24) is 0 Å². The lowest BCUT2D eigenvalue weighted by Crippen LogP contribution is -2.31. The molecule has 0 spiro atoms. The summed E-state index contributed by atoms with van der Waals surface area (Å²) in [6.45, 7) is 13.1. The molecule has 1 heteroatoms. The highest BCUT2D eigenvalue weighted by molar-refractivity contribution is 4.70. The van der Waals surface area contributed by atoms with Gasteiger partial charge in [-0.05, 0) is 33.1 Å². The quantitative estimate of drug-likeness (QED) is 0.615. The first kappa shape index (κ1) is 12.0. The standard InChI is InChI=1S/C11H24O/c1-7-8-11(5,6)12-10(4)9(2)3/h9-10H,7-8H2,1-6H3. The van der Waals surface area contributed by atoms with Crippen molar-refractivity contribution < 1.29 is 4.74 Å². The van der Waals surface area contributed by atoms with E-state index >= 15 is 0 Å². The van der Waals surface area contributed by atoms with Gasteiger partial charge < -0.3 is 4.74 Å². The van der Waals surface area contributed by atoms with Crippen LogP contribution < -0.4 is 0 Å². The minimum Gasteiger partial charge on any atom is -0.372 e. The third-order valence-electron chi connectivity index (χ3n) is 2.30. The van der Waals surface area contributed by atoms with Gasteiger partial charge in [0.15, 0.2) is 0 Å². The minimum absolute atomic E-state index is 0.0540. The van der Waals surface area contributed by atoms with Crippen molar-refractivity contribution in [3.05, 3.63) is 0 Å². The summed E-state index contributed by atoms with van der Waals surface area (Å²) in [5.41, 5.74) is 0.0540. The van der Waals surface area contributed by atoms with Crippen LogP contribution in [0.3, 0.4) is 0 Å². The van der Waals surface area contributed by atoms with Crippen LogP contribution in [0.1, 0.15) is 54.4 Å². The first-order chi connectivity index (χ1) is 5.39. The van der Waals surface area contributed by atoms with Gasteiger partial charge in [0.25, 0.3) is 0 Å². The topological polar surface area (TPSA) is 9.23 Å². The summed E-state index contributed by atoms with van der Waals surface area (Å²) in [6, 6.07) is 0. The average Bonchev–Trinajstić information content (AvgIpc) is 1.85. The number of hydrogen-bond acceptors (Lipinski definition) is 1. The van der Waals surface area contributed by atoms with Crippen molar-refractivity contribution >= 4 is 0 Å². The molecule has 0 N–H and O–H groups in total. The first-order valence-electron chi connectivity index (χ1n) is 5.07. The van der Waals surface area contributed by atoms with Crippen molar-refractivity contribution in [2.45, 2.75) is 66.1 Å². The van der Waals surface area contributed by atoms with E-state index in [4.69, 9.17) is 4.74 Å². The van der Waals surface area contributed by atoms with Crippen LogP contribution >= 0.6 is 0 Å². The molecule has 1 atom stereocenters. The maximum absolute atomic E-state index is 5.94. The molecule has 12 heavy (non-hydrogen) atoms. The molecule has 0 bridgehead atoms. The van der Waals surface area contributed by atoms with Crippen LogP contribution in [0.25, 0.3) is 0 Å². The molecule has 0 aromatic rings. The van der Waals surface area contributed by atoms with Gasteiger partial charge in [0.05, 0.1) is 11.7 Å². The van der Waals surface area contributed by atoms with Crippen molar-refractivity contribution in [1.29, 1.82) is 0 Å². The first-order valence-corrected chi connectivity index (χ1v) is 5.07. The fourth-order valence-electron chi connectivity index (χ4n) is 1.30. The Hall–Kier alpha value is -0.0400. The maximum Gasteiger partial charge on any atom is 0.0630 e. The summed E-state index contributed by atoms with van der Waals surface area (Å²) in [7, 11) is 0. The van der Waals surface area contributed by atoms with E-state index in [9.17, 15) is 0 Å². The lowest BCUT2D eigenvalue weighted by molar-refractivity contribution is -0.0855. The Morgan fingerprint density at radius 2 is 1.67 bits per heavy atom. The Balaban J connectivity index is 3.87. The monoisotopic (exact) mass is 172 g/mol. The van der Waals surface area contributed by atoms with Crippen molar-refractivity contribution in [3.8, 4) is 0 Å². The van der Waals surface area contributed by atoms with Crippen LogP contribution in [0.5, 0.6) is 0 Å². The summed E-state index contributed by atoms with van der Waals surface area (Å²) in [5, 5.41) is 0. The van der Waals surface area contributed by atoms with Crippen LogP contribution in [-0.4, -0.2) is 11.7 Å². The molecule has 0 fully saturated rings. The molecule has 0 saturated heterocycles. The summed E-state index contributed by atoms with van der Waals surface area (Å²) < 4.78 is 5.94. The van der Waals surface area contributed by atoms with E-state index < -0.39 is 0 Å². The van der Waals surface area contributed by atoms with E-state index in [0.29, 0.717) is 12.0 Å². The molecule has 0 saturated carbocycles. The zero-order valence-corrected chi connectivity index (χ0v) is 9.48. The highest BCUT2D eigenvalue weighted by Crippen LogP contribution is 2.21. The second-order valence-electron chi connectivity index (χ2n) is 4.58. The molecule has 1 unspecified atom stereocenters. The van der Waals surface area contributed by atoms with Gasteiger partial charge in [-0.2, -0.15) is 0 Å². The van der Waals surface area contributed by atoms with Crippen molar-refractivity contribution in [2.24, 2.45) is 5.92 Å². The van der Waals surface area contributed by atoms with Gasteiger partial charge in [0, 0.05) is 0 Å². The molecule has 0 heterocycles. The fourth-order valence-corrected chi connectivity index (χ4v) is 1.30. The predicted molar refractivity (Wildman–Crippen MR) is 54.4 cm³/mol. The van der Waals surface area contributed by atoms with E-state index in [1.165, 1.54) is 6.42 Å². The lowest BCUT2D eigenvalue weighted by Gasteiger charge is -2.30. The summed E-state index contributed by atoms with van der Waals surface area (Å²) in [5.74, 6) is 0.612. The van der Waals surface area contributed by atoms with E-state index in [2.05, 4.69) is 41.5 Å². The van der Waals surface area contributed by atoms with Gasteiger partial charge in [-0.3, -0.25) is 0 Å². The van der Waals surface area contributed by atoms with Crippen LogP contribution in [0.15, 0.2) is 0 Å². The number of hydrogen-bond donors (Lipinski definition) is 0. The minimum atomic E-state index is 0.0540. The Morgan fingerprint density at radius 3 is 2.00 bits per heavy atom.